The van der Waals surface area contributed by atoms with Crippen molar-refractivity contribution in [3.05, 3.63) is 36.0 Å². The summed E-state index contributed by atoms with van der Waals surface area (Å²) in [5.74, 6) is -1.20. The Morgan fingerprint density at radius 2 is 2.12 bits per heavy atom. The second-order valence-corrected chi connectivity index (χ2v) is 4.54. The number of para-hydroxylation sites is 1. The van der Waals surface area contributed by atoms with Crippen LogP contribution in [0, 0.1) is 0 Å². The van der Waals surface area contributed by atoms with Crippen LogP contribution in [-0.4, -0.2) is 26.4 Å². The van der Waals surface area contributed by atoms with Crippen LogP contribution < -0.4 is 0 Å². The highest BCUT2D eigenvalue weighted by Crippen LogP contribution is 2.23. The SMILES string of the molecule is Cn1ccc2cccc(CC(C)(O)C(=O)O)c21. The van der Waals surface area contributed by atoms with Crippen molar-refractivity contribution in [3.63, 3.8) is 0 Å². The second-order valence-electron chi connectivity index (χ2n) is 4.54. The van der Waals surface area contributed by atoms with Gasteiger partial charge in [0.1, 0.15) is 0 Å². The molecule has 0 aliphatic heterocycles. The molecule has 0 bridgehead atoms. The van der Waals surface area contributed by atoms with E-state index in [1.54, 1.807) is 0 Å². The highest BCUT2D eigenvalue weighted by atomic mass is 16.4. The number of fused-ring (bicyclic) bond motifs is 1. The Morgan fingerprint density at radius 1 is 1.41 bits per heavy atom. The van der Waals surface area contributed by atoms with E-state index in [2.05, 4.69) is 0 Å². The van der Waals surface area contributed by atoms with Gasteiger partial charge in [-0.25, -0.2) is 4.79 Å². The molecular weight excluding hydrogens is 218 g/mol. The molecule has 4 nitrogen and oxygen atoms in total. The molecule has 2 rings (SSSR count). The molecule has 1 heterocycles. The van der Waals surface area contributed by atoms with Crippen LogP contribution in [0.3, 0.4) is 0 Å². The average Bonchev–Trinajstić information content (AvgIpc) is 2.61. The Hall–Kier alpha value is -1.81. The number of rotatable bonds is 3. The maximum Gasteiger partial charge on any atom is 0.335 e. The summed E-state index contributed by atoms with van der Waals surface area (Å²) >= 11 is 0. The Kier molecular flexibility index (Phi) is 2.67. The van der Waals surface area contributed by atoms with E-state index < -0.39 is 11.6 Å². The van der Waals surface area contributed by atoms with E-state index in [-0.39, 0.29) is 6.42 Å². The van der Waals surface area contributed by atoms with E-state index >= 15 is 0 Å². The van der Waals surface area contributed by atoms with Crippen molar-refractivity contribution in [2.24, 2.45) is 7.05 Å². The van der Waals surface area contributed by atoms with Gasteiger partial charge >= 0.3 is 5.97 Å². The van der Waals surface area contributed by atoms with Crippen LogP contribution in [0.2, 0.25) is 0 Å². The van der Waals surface area contributed by atoms with Crippen LogP contribution >= 0.6 is 0 Å². The third-order valence-corrected chi connectivity index (χ3v) is 2.98. The summed E-state index contributed by atoms with van der Waals surface area (Å²) in [5, 5.41) is 19.8. The molecule has 0 saturated carbocycles. The predicted molar refractivity (Wildman–Crippen MR) is 64.9 cm³/mol. The molecule has 1 aromatic heterocycles. The molecule has 2 aromatic rings. The Balaban J connectivity index is 2.49. The summed E-state index contributed by atoms with van der Waals surface area (Å²) < 4.78 is 1.93. The number of benzene rings is 1. The molecule has 17 heavy (non-hydrogen) atoms. The third kappa shape index (κ3) is 2.03. The lowest BCUT2D eigenvalue weighted by Crippen LogP contribution is -2.37. The van der Waals surface area contributed by atoms with Gasteiger partial charge in [-0.2, -0.15) is 0 Å². The fourth-order valence-electron chi connectivity index (χ4n) is 2.03. The van der Waals surface area contributed by atoms with Gasteiger partial charge in [0.2, 0.25) is 0 Å². The summed E-state index contributed by atoms with van der Waals surface area (Å²) in [6.45, 7) is 1.32. The number of aromatic nitrogens is 1. The molecule has 0 aliphatic carbocycles. The summed E-state index contributed by atoms with van der Waals surface area (Å²) in [4.78, 5) is 10.9. The number of nitrogens with zero attached hydrogens (tertiary/aromatic N) is 1. The topological polar surface area (TPSA) is 62.5 Å². The molecule has 1 atom stereocenters. The van der Waals surface area contributed by atoms with Gasteiger partial charge < -0.3 is 14.8 Å². The van der Waals surface area contributed by atoms with E-state index in [1.165, 1.54) is 6.92 Å². The van der Waals surface area contributed by atoms with Crippen molar-refractivity contribution in [2.75, 3.05) is 0 Å². The average molecular weight is 233 g/mol. The zero-order valence-corrected chi connectivity index (χ0v) is 9.84. The normalized spacial score (nSPS) is 14.8. The van der Waals surface area contributed by atoms with Gasteiger partial charge in [-0.15, -0.1) is 0 Å². The Morgan fingerprint density at radius 3 is 2.76 bits per heavy atom. The van der Waals surface area contributed by atoms with Crippen molar-refractivity contribution in [1.29, 1.82) is 0 Å². The van der Waals surface area contributed by atoms with Crippen LogP contribution in [0.4, 0.5) is 0 Å². The van der Waals surface area contributed by atoms with Gasteiger partial charge in [-0.3, -0.25) is 0 Å². The molecule has 0 fully saturated rings. The minimum atomic E-state index is -1.74. The number of carboxylic acids is 1. The summed E-state index contributed by atoms with van der Waals surface area (Å²) in [6, 6.07) is 7.65. The van der Waals surface area contributed by atoms with Gasteiger partial charge in [0.05, 0.1) is 5.52 Å². The molecule has 0 radical (unpaired) electrons. The predicted octanol–water partition coefficient (Wildman–Crippen LogP) is 1.56. The highest BCUT2D eigenvalue weighted by Gasteiger charge is 2.30. The first kappa shape index (κ1) is 11.7. The Bertz CT molecular complexity index is 569. The Labute approximate surface area is 99.1 Å². The van der Waals surface area contributed by atoms with Gasteiger partial charge in [0.15, 0.2) is 5.60 Å². The van der Waals surface area contributed by atoms with Gasteiger partial charge in [0, 0.05) is 19.7 Å². The fraction of sp³-hybridized carbons (Fsp3) is 0.308. The maximum absolute atomic E-state index is 10.9. The first-order valence-electron chi connectivity index (χ1n) is 5.40. The number of hydrogen-bond acceptors (Lipinski definition) is 2. The van der Waals surface area contributed by atoms with Gasteiger partial charge in [0.25, 0.3) is 0 Å². The molecule has 0 saturated heterocycles. The first-order valence-corrected chi connectivity index (χ1v) is 5.40. The lowest BCUT2D eigenvalue weighted by molar-refractivity contribution is -0.156. The lowest BCUT2D eigenvalue weighted by atomic mass is 9.95. The van der Waals surface area contributed by atoms with E-state index in [0.29, 0.717) is 0 Å². The van der Waals surface area contributed by atoms with E-state index in [0.717, 1.165) is 16.5 Å². The summed E-state index contributed by atoms with van der Waals surface area (Å²) in [7, 11) is 1.90. The molecule has 1 unspecified atom stereocenters. The van der Waals surface area contributed by atoms with Crippen molar-refractivity contribution in [2.45, 2.75) is 18.9 Å². The highest BCUT2D eigenvalue weighted by molar-refractivity contribution is 5.85. The van der Waals surface area contributed by atoms with E-state index in [9.17, 15) is 9.90 Å². The largest absolute Gasteiger partial charge is 0.479 e. The number of aliphatic hydroxyl groups is 1. The molecule has 1 aromatic carbocycles. The number of hydrogen-bond donors (Lipinski definition) is 2. The standard InChI is InChI=1S/C13H15NO3/c1-13(17,12(15)16)8-10-5-3-4-9-6-7-14(2)11(9)10/h3-7,17H,8H2,1-2H3,(H,15,16). The van der Waals surface area contributed by atoms with Crippen molar-refractivity contribution in [1.82, 2.24) is 4.57 Å². The zero-order chi connectivity index (χ0) is 12.6. The zero-order valence-electron chi connectivity index (χ0n) is 9.84. The van der Waals surface area contributed by atoms with Crippen LogP contribution in [0.1, 0.15) is 12.5 Å². The third-order valence-electron chi connectivity index (χ3n) is 2.98. The number of aryl methyl sites for hydroxylation is 1. The molecule has 0 aliphatic rings. The first-order chi connectivity index (χ1) is 7.92. The van der Waals surface area contributed by atoms with Crippen LogP contribution in [0.25, 0.3) is 10.9 Å². The number of carboxylic acid groups (broad SMARTS) is 1. The lowest BCUT2D eigenvalue weighted by Gasteiger charge is -2.18. The molecule has 4 heteroatoms. The van der Waals surface area contributed by atoms with Gasteiger partial charge in [-0.05, 0) is 23.9 Å². The quantitative estimate of drug-likeness (QED) is 0.845. The molecule has 90 valence electrons. The van der Waals surface area contributed by atoms with Crippen LogP contribution in [0.15, 0.2) is 30.5 Å². The molecule has 0 amide bonds. The van der Waals surface area contributed by atoms with Crippen molar-refractivity contribution in [3.8, 4) is 0 Å². The molecule has 0 spiro atoms. The monoisotopic (exact) mass is 233 g/mol. The van der Waals surface area contributed by atoms with Crippen molar-refractivity contribution >= 4 is 16.9 Å². The molecular formula is C13H15NO3. The second kappa shape index (κ2) is 3.89. The summed E-state index contributed by atoms with van der Waals surface area (Å²) in [6.07, 6.45) is 2.02. The van der Waals surface area contributed by atoms with Crippen LogP contribution in [0.5, 0.6) is 0 Å². The number of carbonyl (C=O) groups is 1. The molecule has 2 N–H and O–H groups in total. The minimum absolute atomic E-state index is 0.0948. The maximum atomic E-state index is 10.9. The van der Waals surface area contributed by atoms with E-state index in [4.69, 9.17) is 5.11 Å². The van der Waals surface area contributed by atoms with E-state index in [1.807, 2.05) is 42.1 Å². The smallest absolute Gasteiger partial charge is 0.335 e. The van der Waals surface area contributed by atoms with Crippen molar-refractivity contribution < 1.29 is 15.0 Å². The van der Waals surface area contributed by atoms with Gasteiger partial charge in [-0.1, -0.05) is 18.2 Å². The van der Waals surface area contributed by atoms with Crippen LogP contribution in [-0.2, 0) is 18.3 Å². The minimum Gasteiger partial charge on any atom is -0.479 e. The fourth-order valence-corrected chi connectivity index (χ4v) is 2.03. The number of aliphatic carboxylic acids is 1. The summed E-state index contributed by atoms with van der Waals surface area (Å²) in [5.41, 5.74) is 0.0647.